The molecule has 29 heavy (non-hydrogen) atoms. The molecule has 0 N–H and O–H groups in total. The highest BCUT2D eigenvalue weighted by Gasteiger charge is 2.48. The Hall–Kier alpha value is -1.65. The second-order valence-electron chi connectivity index (χ2n) is 4.94. The van der Waals surface area contributed by atoms with Gasteiger partial charge >= 0.3 is 11.1 Å². The zero-order chi connectivity index (χ0) is 22.1. The summed E-state index contributed by atoms with van der Waals surface area (Å²) in [5.41, 5.74) is -1.07. The van der Waals surface area contributed by atoms with Crippen LogP contribution in [0.5, 0.6) is 11.6 Å². The number of aromatic nitrogens is 2. The lowest BCUT2D eigenvalue weighted by Gasteiger charge is -2.16. The van der Waals surface area contributed by atoms with E-state index in [2.05, 4.69) is 9.84 Å². The first-order valence-electron chi connectivity index (χ1n) is 7.19. The van der Waals surface area contributed by atoms with Crippen LogP contribution in [-0.2, 0) is 11.2 Å². The predicted octanol–water partition coefficient (Wildman–Crippen LogP) is 5.24. The molecule has 1 heterocycles. The van der Waals surface area contributed by atoms with E-state index in [1.807, 2.05) is 0 Å². The van der Waals surface area contributed by atoms with Gasteiger partial charge in [0.15, 0.2) is 0 Å². The predicted molar refractivity (Wildman–Crippen MR) is 93.4 cm³/mol. The molecule has 1 unspecified atom stereocenters. The summed E-state index contributed by atoms with van der Waals surface area (Å²) >= 11 is 13.5. The molecule has 1 aromatic carbocycles. The Morgan fingerprint density at radius 3 is 2.21 bits per heavy atom. The SMILES string of the molecule is CCOc1c([S+]([O-])C(F)(F)Cl)c(C#N)nn1-c1c(Cl)cc(OC(F)(F)F)cc1Cl. The molecule has 0 fully saturated rings. The van der Waals surface area contributed by atoms with E-state index < -0.39 is 54.5 Å². The second-order valence-corrected chi connectivity index (χ2v) is 7.91. The van der Waals surface area contributed by atoms with Gasteiger partial charge in [0.05, 0.1) is 27.8 Å². The molecule has 0 spiro atoms. The van der Waals surface area contributed by atoms with Gasteiger partial charge in [0.1, 0.15) is 17.5 Å². The van der Waals surface area contributed by atoms with Crippen LogP contribution in [0.1, 0.15) is 12.6 Å². The molecule has 1 aromatic heterocycles. The molecule has 158 valence electrons. The Morgan fingerprint density at radius 2 is 1.79 bits per heavy atom. The van der Waals surface area contributed by atoms with E-state index in [1.54, 1.807) is 0 Å². The van der Waals surface area contributed by atoms with Crippen LogP contribution in [0.2, 0.25) is 10.0 Å². The van der Waals surface area contributed by atoms with Crippen molar-refractivity contribution in [3.05, 3.63) is 27.9 Å². The minimum atomic E-state index is -5.03. The van der Waals surface area contributed by atoms with Crippen molar-refractivity contribution in [3.63, 3.8) is 0 Å². The fourth-order valence-corrected chi connectivity index (χ4v) is 3.75. The molecule has 6 nitrogen and oxygen atoms in total. The Kier molecular flexibility index (Phi) is 7.01. The second kappa shape index (κ2) is 8.61. The summed E-state index contributed by atoms with van der Waals surface area (Å²) in [5.74, 6) is -1.37. The Labute approximate surface area is 177 Å². The summed E-state index contributed by atoms with van der Waals surface area (Å²) in [4.78, 5) is -0.836. The first-order chi connectivity index (χ1) is 13.3. The van der Waals surface area contributed by atoms with Crippen LogP contribution in [0.4, 0.5) is 22.0 Å². The molecule has 2 aromatic rings. The van der Waals surface area contributed by atoms with Crippen molar-refractivity contribution in [1.29, 1.82) is 5.26 Å². The quantitative estimate of drug-likeness (QED) is 0.309. The fraction of sp³-hybridized carbons (Fsp3) is 0.286. The largest absolute Gasteiger partial charge is 0.605 e. The van der Waals surface area contributed by atoms with E-state index in [9.17, 15) is 31.8 Å². The molecule has 0 aliphatic heterocycles. The number of rotatable bonds is 6. The van der Waals surface area contributed by atoms with Gasteiger partial charge in [-0.3, -0.25) is 0 Å². The molecule has 0 aliphatic carbocycles. The smallest absolute Gasteiger partial charge is 0.573 e. The Morgan fingerprint density at radius 1 is 1.24 bits per heavy atom. The molecule has 0 saturated carbocycles. The summed E-state index contributed by atoms with van der Waals surface area (Å²) in [6.45, 7) is 1.29. The number of alkyl halides is 6. The number of hydrogen-bond donors (Lipinski definition) is 0. The average molecular weight is 499 g/mol. The molecular weight excluding hydrogens is 492 g/mol. The van der Waals surface area contributed by atoms with Gasteiger partial charge in [-0.25, -0.2) is 0 Å². The third-order valence-electron chi connectivity index (χ3n) is 3.02. The lowest BCUT2D eigenvalue weighted by molar-refractivity contribution is -0.274. The first-order valence-corrected chi connectivity index (χ1v) is 9.48. The van der Waals surface area contributed by atoms with E-state index >= 15 is 0 Å². The van der Waals surface area contributed by atoms with Crippen molar-refractivity contribution >= 4 is 46.0 Å². The van der Waals surface area contributed by atoms with Gasteiger partial charge in [0, 0.05) is 23.7 Å². The van der Waals surface area contributed by atoms with Gasteiger partial charge in [-0.15, -0.1) is 27.1 Å². The van der Waals surface area contributed by atoms with Gasteiger partial charge in [-0.05, 0) is 6.92 Å². The van der Waals surface area contributed by atoms with Crippen LogP contribution in [0, 0.1) is 11.3 Å². The number of nitriles is 1. The van der Waals surface area contributed by atoms with E-state index in [0.29, 0.717) is 4.68 Å². The third-order valence-corrected chi connectivity index (χ3v) is 5.18. The zero-order valence-electron chi connectivity index (χ0n) is 13.9. The van der Waals surface area contributed by atoms with E-state index in [0.717, 1.165) is 12.1 Å². The number of halogens is 8. The highest BCUT2D eigenvalue weighted by molar-refractivity contribution is 7.93. The van der Waals surface area contributed by atoms with E-state index in [4.69, 9.17) is 39.5 Å². The zero-order valence-corrected chi connectivity index (χ0v) is 16.9. The van der Waals surface area contributed by atoms with Crippen molar-refractivity contribution in [2.24, 2.45) is 0 Å². The molecular formula is C14H7Cl3F5N3O3S. The molecule has 0 radical (unpaired) electrons. The van der Waals surface area contributed by atoms with Crippen molar-refractivity contribution in [1.82, 2.24) is 9.78 Å². The molecule has 0 aliphatic rings. The Balaban J connectivity index is 2.73. The van der Waals surface area contributed by atoms with Crippen molar-refractivity contribution in [2.75, 3.05) is 6.61 Å². The van der Waals surface area contributed by atoms with Crippen LogP contribution in [-0.4, -0.2) is 32.0 Å². The minimum Gasteiger partial charge on any atom is -0.605 e. The molecule has 0 saturated heterocycles. The maximum Gasteiger partial charge on any atom is 0.573 e. The molecule has 0 bridgehead atoms. The number of ether oxygens (including phenoxy) is 2. The number of nitrogens with zero attached hydrogens (tertiary/aromatic N) is 3. The highest BCUT2D eigenvalue weighted by atomic mass is 35.5. The van der Waals surface area contributed by atoms with Crippen molar-refractivity contribution in [3.8, 4) is 23.4 Å². The summed E-state index contributed by atoms with van der Waals surface area (Å²) in [6.07, 6.45) is -5.03. The van der Waals surface area contributed by atoms with Gasteiger partial charge < -0.3 is 14.0 Å². The molecule has 0 amide bonds. The van der Waals surface area contributed by atoms with Crippen LogP contribution in [0.25, 0.3) is 5.69 Å². The average Bonchev–Trinajstić information content (AvgIpc) is 2.89. The van der Waals surface area contributed by atoms with E-state index in [1.165, 1.54) is 13.0 Å². The first kappa shape index (κ1) is 23.6. The normalized spacial score (nSPS) is 13.1. The molecule has 1 atom stereocenters. The number of benzene rings is 1. The minimum absolute atomic E-state index is 0.154. The maximum atomic E-state index is 13.4. The van der Waals surface area contributed by atoms with Gasteiger partial charge in [-0.1, -0.05) is 23.2 Å². The number of hydrogen-bond acceptors (Lipinski definition) is 5. The fourth-order valence-electron chi connectivity index (χ4n) is 2.10. The highest BCUT2D eigenvalue weighted by Crippen LogP contribution is 2.43. The van der Waals surface area contributed by atoms with E-state index in [-0.39, 0.29) is 12.3 Å². The van der Waals surface area contributed by atoms with Gasteiger partial charge in [-0.2, -0.15) is 9.94 Å². The van der Waals surface area contributed by atoms with Crippen LogP contribution in [0.3, 0.4) is 0 Å². The van der Waals surface area contributed by atoms with Crippen LogP contribution >= 0.6 is 34.8 Å². The molecule has 2 rings (SSSR count). The maximum absolute atomic E-state index is 13.4. The lowest BCUT2D eigenvalue weighted by atomic mass is 10.3. The summed E-state index contributed by atoms with van der Waals surface area (Å²) in [5, 5.41) is 12.0. The monoisotopic (exact) mass is 497 g/mol. The van der Waals surface area contributed by atoms with Crippen LogP contribution in [0.15, 0.2) is 17.0 Å². The molecule has 15 heteroatoms. The third kappa shape index (κ3) is 5.29. The summed E-state index contributed by atoms with van der Waals surface area (Å²) in [7, 11) is 0. The van der Waals surface area contributed by atoms with Crippen molar-refractivity contribution < 1.29 is 36.0 Å². The van der Waals surface area contributed by atoms with Gasteiger partial charge in [0.25, 0.3) is 10.8 Å². The standard InChI is InChI=1S/C14H7Cl3F5N3O3S/c1-2-27-12-11(29(26)13(17,18)19)9(5-23)24-25(12)10-7(15)3-6(4-8(10)16)28-14(20,21)22/h3-4H,2H2,1H3. The van der Waals surface area contributed by atoms with Gasteiger partial charge in [0.2, 0.25) is 5.69 Å². The lowest BCUT2D eigenvalue weighted by Crippen LogP contribution is -2.23. The topological polar surface area (TPSA) is 83.1 Å². The summed E-state index contributed by atoms with van der Waals surface area (Å²) < 4.78 is 81.4. The summed E-state index contributed by atoms with van der Waals surface area (Å²) in [6, 6.07) is 2.92. The van der Waals surface area contributed by atoms with Crippen LogP contribution < -0.4 is 9.47 Å². The Bertz CT molecular complexity index is 936. The van der Waals surface area contributed by atoms with Crippen molar-refractivity contribution in [2.45, 2.75) is 22.9 Å².